The van der Waals surface area contributed by atoms with Crippen molar-refractivity contribution >= 4 is 16.7 Å². The SMILES string of the molecule is CCOC(=O)CCc1ccncc1-c1ccc2ccccc2c1. The van der Waals surface area contributed by atoms with Gasteiger partial charge in [-0.05, 0) is 47.4 Å². The summed E-state index contributed by atoms with van der Waals surface area (Å²) >= 11 is 0. The molecule has 0 N–H and O–H groups in total. The Bertz CT molecular complexity index is 826. The van der Waals surface area contributed by atoms with E-state index in [1.807, 2.05) is 31.3 Å². The topological polar surface area (TPSA) is 39.2 Å². The number of hydrogen-bond donors (Lipinski definition) is 0. The predicted octanol–water partition coefficient (Wildman–Crippen LogP) is 4.40. The van der Waals surface area contributed by atoms with Gasteiger partial charge in [-0.2, -0.15) is 0 Å². The van der Waals surface area contributed by atoms with Gasteiger partial charge in [-0.1, -0.05) is 36.4 Å². The molecular weight excluding hydrogens is 286 g/mol. The molecule has 116 valence electrons. The zero-order valence-electron chi connectivity index (χ0n) is 13.2. The lowest BCUT2D eigenvalue weighted by Crippen LogP contribution is -2.05. The number of esters is 1. The number of aryl methyl sites for hydroxylation is 1. The highest BCUT2D eigenvalue weighted by Gasteiger charge is 2.09. The molecular formula is C20H19NO2. The highest BCUT2D eigenvalue weighted by molar-refractivity contribution is 5.87. The Labute approximate surface area is 135 Å². The van der Waals surface area contributed by atoms with Gasteiger partial charge in [-0.25, -0.2) is 0 Å². The molecule has 0 radical (unpaired) electrons. The third-order valence-corrected chi connectivity index (χ3v) is 3.88. The summed E-state index contributed by atoms with van der Waals surface area (Å²) in [6.07, 6.45) is 4.68. The lowest BCUT2D eigenvalue weighted by atomic mass is 9.97. The van der Waals surface area contributed by atoms with Crippen LogP contribution in [0.5, 0.6) is 0 Å². The minimum Gasteiger partial charge on any atom is -0.466 e. The Morgan fingerprint density at radius 2 is 1.91 bits per heavy atom. The molecule has 3 aromatic rings. The van der Waals surface area contributed by atoms with E-state index in [2.05, 4.69) is 35.3 Å². The van der Waals surface area contributed by atoms with E-state index >= 15 is 0 Å². The van der Waals surface area contributed by atoms with Crippen LogP contribution in [0.4, 0.5) is 0 Å². The molecule has 3 nitrogen and oxygen atoms in total. The monoisotopic (exact) mass is 305 g/mol. The summed E-state index contributed by atoms with van der Waals surface area (Å²) in [6, 6.07) is 16.6. The second kappa shape index (κ2) is 7.05. The summed E-state index contributed by atoms with van der Waals surface area (Å²) < 4.78 is 5.01. The number of nitrogens with zero attached hydrogens (tertiary/aromatic N) is 1. The van der Waals surface area contributed by atoms with Crippen molar-refractivity contribution in [3.8, 4) is 11.1 Å². The summed E-state index contributed by atoms with van der Waals surface area (Å²) in [5.41, 5.74) is 3.31. The van der Waals surface area contributed by atoms with Crippen molar-refractivity contribution in [1.82, 2.24) is 4.98 Å². The van der Waals surface area contributed by atoms with Crippen LogP contribution in [0.2, 0.25) is 0 Å². The lowest BCUT2D eigenvalue weighted by molar-refractivity contribution is -0.143. The van der Waals surface area contributed by atoms with Crippen LogP contribution < -0.4 is 0 Å². The number of carbonyl (C=O) groups is 1. The number of rotatable bonds is 5. The van der Waals surface area contributed by atoms with Crippen molar-refractivity contribution in [2.24, 2.45) is 0 Å². The van der Waals surface area contributed by atoms with Crippen LogP contribution in [0, 0.1) is 0 Å². The first kappa shape index (κ1) is 15.2. The molecule has 0 amide bonds. The Balaban J connectivity index is 1.90. The number of fused-ring (bicyclic) bond motifs is 1. The Morgan fingerprint density at radius 3 is 2.74 bits per heavy atom. The number of carbonyl (C=O) groups excluding carboxylic acids is 1. The molecule has 2 aromatic carbocycles. The average molecular weight is 305 g/mol. The summed E-state index contributed by atoms with van der Waals surface area (Å²) in [5, 5.41) is 2.42. The molecule has 0 saturated carbocycles. The third kappa shape index (κ3) is 3.57. The van der Waals surface area contributed by atoms with Gasteiger partial charge in [0, 0.05) is 24.4 Å². The van der Waals surface area contributed by atoms with E-state index in [0.717, 1.165) is 16.7 Å². The van der Waals surface area contributed by atoms with Crippen LogP contribution in [0.25, 0.3) is 21.9 Å². The zero-order chi connectivity index (χ0) is 16.1. The van der Waals surface area contributed by atoms with Crippen molar-refractivity contribution in [3.63, 3.8) is 0 Å². The fourth-order valence-electron chi connectivity index (χ4n) is 2.73. The van der Waals surface area contributed by atoms with Crippen LogP contribution in [0.3, 0.4) is 0 Å². The van der Waals surface area contributed by atoms with E-state index in [0.29, 0.717) is 19.4 Å². The summed E-state index contributed by atoms with van der Waals surface area (Å²) in [6.45, 7) is 2.25. The number of ether oxygens (including phenoxy) is 1. The Kier molecular flexibility index (Phi) is 4.67. The molecule has 1 heterocycles. The van der Waals surface area contributed by atoms with Crippen LogP contribution >= 0.6 is 0 Å². The third-order valence-electron chi connectivity index (χ3n) is 3.88. The maximum Gasteiger partial charge on any atom is 0.306 e. The van der Waals surface area contributed by atoms with Gasteiger partial charge in [0.05, 0.1) is 6.61 Å². The molecule has 0 spiro atoms. The molecule has 0 bridgehead atoms. The fourth-order valence-corrected chi connectivity index (χ4v) is 2.73. The lowest BCUT2D eigenvalue weighted by Gasteiger charge is -2.10. The number of hydrogen-bond acceptors (Lipinski definition) is 3. The average Bonchev–Trinajstić information content (AvgIpc) is 2.60. The van der Waals surface area contributed by atoms with Crippen molar-refractivity contribution in [3.05, 3.63) is 66.5 Å². The smallest absolute Gasteiger partial charge is 0.306 e. The van der Waals surface area contributed by atoms with Crippen LogP contribution in [0.1, 0.15) is 18.9 Å². The quantitative estimate of drug-likeness (QED) is 0.656. The van der Waals surface area contributed by atoms with E-state index < -0.39 is 0 Å². The zero-order valence-corrected chi connectivity index (χ0v) is 13.2. The predicted molar refractivity (Wildman–Crippen MR) is 92.1 cm³/mol. The van der Waals surface area contributed by atoms with Gasteiger partial charge in [0.15, 0.2) is 0 Å². The normalized spacial score (nSPS) is 10.7. The Morgan fingerprint density at radius 1 is 1.09 bits per heavy atom. The minimum atomic E-state index is -0.159. The molecule has 3 heteroatoms. The molecule has 0 aliphatic rings. The number of pyridine rings is 1. The Hall–Kier alpha value is -2.68. The first-order valence-corrected chi connectivity index (χ1v) is 7.85. The molecule has 0 atom stereocenters. The molecule has 3 rings (SSSR count). The van der Waals surface area contributed by atoms with Gasteiger partial charge in [0.1, 0.15) is 0 Å². The van der Waals surface area contributed by atoms with Gasteiger partial charge in [0.25, 0.3) is 0 Å². The van der Waals surface area contributed by atoms with Gasteiger partial charge < -0.3 is 4.74 Å². The molecule has 0 saturated heterocycles. The highest BCUT2D eigenvalue weighted by Crippen LogP contribution is 2.27. The molecule has 0 unspecified atom stereocenters. The van der Waals surface area contributed by atoms with E-state index in [-0.39, 0.29) is 5.97 Å². The first-order chi connectivity index (χ1) is 11.3. The standard InChI is InChI=1S/C20H19NO2/c1-2-23-20(22)10-9-16-11-12-21-14-19(16)18-8-7-15-5-3-4-6-17(15)13-18/h3-8,11-14H,2,9-10H2,1H3. The highest BCUT2D eigenvalue weighted by atomic mass is 16.5. The van der Waals surface area contributed by atoms with E-state index in [9.17, 15) is 4.79 Å². The van der Waals surface area contributed by atoms with Crippen molar-refractivity contribution in [1.29, 1.82) is 0 Å². The van der Waals surface area contributed by atoms with Crippen LogP contribution in [0.15, 0.2) is 60.9 Å². The molecule has 0 aliphatic carbocycles. The van der Waals surface area contributed by atoms with Gasteiger partial charge >= 0.3 is 5.97 Å². The van der Waals surface area contributed by atoms with Gasteiger partial charge in [-0.3, -0.25) is 9.78 Å². The van der Waals surface area contributed by atoms with Crippen LogP contribution in [-0.2, 0) is 16.0 Å². The number of aromatic nitrogens is 1. The summed E-state index contributed by atoms with van der Waals surface area (Å²) in [7, 11) is 0. The molecule has 1 aromatic heterocycles. The fraction of sp³-hybridized carbons (Fsp3) is 0.200. The maximum atomic E-state index is 11.6. The van der Waals surface area contributed by atoms with Gasteiger partial charge in [-0.15, -0.1) is 0 Å². The van der Waals surface area contributed by atoms with E-state index in [1.54, 1.807) is 6.20 Å². The number of benzene rings is 2. The molecule has 0 aliphatic heterocycles. The van der Waals surface area contributed by atoms with Gasteiger partial charge in [0.2, 0.25) is 0 Å². The second-order valence-electron chi connectivity index (χ2n) is 5.40. The second-order valence-corrected chi connectivity index (χ2v) is 5.40. The maximum absolute atomic E-state index is 11.6. The van der Waals surface area contributed by atoms with E-state index in [4.69, 9.17) is 4.74 Å². The van der Waals surface area contributed by atoms with Crippen molar-refractivity contribution in [2.75, 3.05) is 6.61 Å². The minimum absolute atomic E-state index is 0.159. The van der Waals surface area contributed by atoms with Crippen molar-refractivity contribution in [2.45, 2.75) is 19.8 Å². The van der Waals surface area contributed by atoms with Crippen molar-refractivity contribution < 1.29 is 9.53 Å². The largest absolute Gasteiger partial charge is 0.466 e. The first-order valence-electron chi connectivity index (χ1n) is 7.85. The molecule has 23 heavy (non-hydrogen) atoms. The van der Waals surface area contributed by atoms with E-state index in [1.165, 1.54) is 10.8 Å². The van der Waals surface area contributed by atoms with Crippen LogP contribution in [-0.4, -0.2) is 17.6 Å². The summed E-state index contributed by atoms with van der Waals surface area (Å²) in [4.78, 5) is 15.9. The molecule has 0 fully saturated rings. The summed E-state index contributed by atoms with van der Waals surface area (Å²) in [5.74, 6) is -0.159.